The molecule has 120 valence electrons. The maximum absolute atomic E-state index is 12.2. The maximum Gasteiger partial charge on any atom is 0.244 e. The second-order valence-corrected chi connectivity index (χ2v) is 6.17. The van der Waals surface area contributed by atoms with Gasteiger partial charge in [-0.05, 0) is 55.3 Å². The smallest absolute Gasteiger partial charge is 0.244 e. The fraction of sp³-hybridized carbons (Fsp3) is 0.211. The SMILES string of the molecule is COc1ccc(/C=C/C(=O)NC(C)(C)c2cccc(Cl)c2)cc1. The van der Waals surface area contributed by atoms with Gasteiger partial charge in [0.15, 0.2) is 0 Å². The summed E-state index contributed by atoms with van der Waals surface area (Å²) < 4.78 is 5.11. The molecule has 0 saturated heterocycles. The minimum absolute atomic E-state index is 0.161. The van der Waals surface area contributed by atoms with Crippen LogP contribution in [0.3, 0.4) is 0 Å². The van der Waals surface area contributed by atoms with E-state index < -0.39 is 5.54 Å². The van der Waals surface area contributed by atoms with E-state index in [2.05, 4.69) is 5.32 Å². The fourth-order valence-corrected chi connectivity index (χ4v) is 2.38. The van der Waals surface area contributed by atoms with Gasteiger partial charge in [-0.25, -0.2) is 0 Å². The van der Waals surface area contributed by atoms with Gasteiger partial charge < -0.3 is 10.1 Å². The molecule has 0 aromatic heterocycles. The largest absolute Gasteiger partial charge is 0.497 e. The standard InChI is InChI=1S/C19H20ClNO2/c1-19(2,15-5-4-6-16(20)13-15)21-18(22)12-9-14-7-10-17(23-3)11-8-14/h4-13H,1-3H3,(H,21,22)/b12-9+. The van der Waals surface area contributed by atoms with Crippen molar-refractivity contribution in [2.75, 3.05) is 7.11 Å². The van der Waals surface area contributed by atoms with Crippen molar-refractivity contribution < 1.29 is 9.53 Å². The molecule has 0 atom stereocenters. The van der Waals surface area contributed by atoms with Crippen molar-refractivity contribution >= 4 is 23.6 Å². The molecule has 0 fully saturated rings. The van der Waals surface area contributed by atoms with E-state index in [9.17, 15) is 4.79 Å². The van der Waals surface area contributed by atoms with Crippen LogP contribution in [0, 0.1) is 0 Å². The van der Waals surface area contributed by atoms with Crippen molar-refractivity contribution in [3.05, 3.63) is 70.8 Å². The van der Waals surface area contributed by atoms with Gasteiger partial charge >= 0.3 is 0 Å². The van der Waals surface area contributed by atoms with E-state index in [4.69, 9.17) is 16.3 Å². The first-order valence-corrected chi connectivity index (χ1v) is 7.69. The summed E-state index contributed by atoms with van der Waals surface area (Å²) in [7, 11) is 1.62. The Kier molecular flexibility index (Phi) is 5.45. The lowest BCUT2D eigenvalue weighted by atomic mass is 9.94. The van der Waals surface area contributed by atoms with Gasteiger partial charge in [0.25, 0.3) is 0 Å². The van der Waals surface area contributed by atoms with Crippen molar-refractivity contribution in [2.24, 2.45) is 0 Å². The summed E-state index contributed by atoms with van der Waals surface area (Å²) in [5.74, 6) is 0.625. The first-order valence-electron chi connectivity index (χ1n) is 7.31. The average molecular weight is 330 g/mol. The molecule has 0 heterocycles. The Morgan fingerprint density at radius 1 is 1.17 bits per heavy atom. The Morgan fingerprint density at radius 2 is 1.87 bits per heavy atom. The molecule has 0 aliphatic rings. The zero-order valence-corrected chi connectivity index (χ0v) is 14.2. The van der Waals surface area contributed by atoms with Crippen LogP contribution < -0.4 is 10.1 Å². The second kappa shape index (κ2) is 7.34. The number of methoxy groups -OCH3 is 1. The third-order valence-corrected chi connectivity index (χ3v) is 3.76. The number of carbonyl (C=O) groups excluding carboxylic acids is 1. The van der Waals surface area contributed by atoms with Crippen molar-refractivity contribution in [3.63, 3.8) is 0 Å². The Bertz CT molecular complexity index is 706. The lowest BCUT2D eigenvalue weighted by molar-refractivity contribution is -0.118. The molecule has 2 rings (SSSR count). The van der Waals surface area contributed by atoms with Gasteiger partial charge in [0, 0.05) is 11.1 Å². The Morgan fingerprint density at radius 3 is 2.48 bits per heavy atom. The zero-order valence-electron chi connectivity index (χ0n) is 13.5. The van der Waals surface area contributed by atoms with Gasteiger partial charge in [0.2, 0.25) is 5.91 Å². The van der Waals surface area contributed by atoms with Crippen molar-refractivity contribution in [1.29, 1.82) is 0 Å². The van der Waals surface area contributed by atoms with Gasteiger partial charge in [0.05, 0.1) is 12.6 Å². The minimum Gasteiger partial charge on any atom is -0.497 e. The van der Waals surface area contributed by atoms with Gasteiger partial charge in [-0.1, -0.05) is 35.9 Å². The van der Waals surface area contributed by atoms with Crippen LogP contribution in [0.4, 0.5) is 0 Å². The van der Waals surface area contributed by atoms with Crippen LogP contribution in [-0.2, 0) is 10.3 Å². The highest BCUT2D eigenvalue weighted by Gasteiger charge is 2.21. The van der Waals surface area contributed by atoms with E-state index >= 15 is 0 Å². The van der Waals surface area contributed by atoms with Gasteiger partial charge in [-0.2, -0.15) is 0 Å². The lowest BCUT2D eigenvalue weighted by Gasteiger charge is -2.26. The molecule has 0 saturated carbocycles. The predicted octanol–water partition coefficient (Wildman–Crippen LogP) is 4.41. The quantitative estimate of drug-likeness (QED) is 0.825. The predicted molar refractivity (Wildman–Crippen MR) is 94.6 cm³/mol. The molecule has 0 aliphatic carbocycles. The van der Waals surface area contributed by atoms with Gasteiger partial charge in [0.1, 0.15) is 5.75 Å². The Hall–Kier alpha value is -2.26. The van der Waals surface area contributed by atoms with Crippen LogP contribution in [0.15, 0.2) is 54.6 Å². The molecule has 3 nitrogen and oxygen atoms in total. The number of ether oxygens (including phenoxy) is 1. The van der Waals surface area contributed by atoms with Crippen LogP contribution in [0.2, 0.25) is 5.02 Å². The lowest BCUT2D eigenvalue weighted by Crippen LogP contribution is -2.40. The molecular formula is C19H20ClNO2. The summed E-state index contributed by atoms with van der Waals surface area (Å²) in [6, 6.07) is 15.0. The molecule has 0 unspecified atom stereocenters. The number of benzene rings is 2. The van der Waals surface area contributed by atoms with Crippen LogP contribution in [0.25, 0.3) is 6.08 Å². The van der Waals surface area contributed by atoms with Gasteiger partial charge in [-0.15, -0.1) is 0 Å². The Labute approximate surface area is 141 Å². The molecule has 0 aliphatic heterocycles. The van der Waals surface area contributed by atoms with Crippen LogP contribution in [-0.4, -0.2) is 13.0 Å². The molecule has 4 heteroatoms. The molecule has 0 radical (unpaired) electrons. The normalized spacial score (nSPS) is 11.5. The number of hydrogen-bond acceptors (Lipinski definition) is 2. The van der Waals surface area contributed by atoms with Crippen molar-refractivity contribution in [1.82, 2.24) is 5.32 Å². The van der Waals surface area contributed by atoms with Crippen molar-refractivity contribution in [3.8, 4) is 5.75 Å². The van der Waals surface area contributed by atoms with E-state index in [1.54, 1.807) is 13.2 Å². The summed E-state index contributed by atoms with van der Waals surface area (Å²) in [6.07, 6.45) is 3.29. The highest BCUT2D eigenvalue weighted by Crippen LogP contribution is 2.23. The molecule has 2 aromatic carbocycles. The van der Waals surface area contributed by atoms with Crippen LogP contribution >= 0.6 is 11.6 Å². The highest BCUT2D eigenvalue weighted by atomic mass is 35.5. The summed E-state index contributed by atoms with van der Waals surface area (Å²) in [6.45, 7) is 3.88. The summed E-state index contributed by atoms with van der Waals surface area (Å²) >= 11 is 6.02. The molecular weight excluding hydrogens is 310 g/mol. The number of nitrogens with one attached hydrogen (secondary N) is 1. The van der Waals surface area contributed by atoms with Crippen LogP contribution in [0.5, 0.6) is 5.75 Å². The van der Waals surface area contributed by atoms with E-state index in [1.807, 2.05) is 62.4 Å². The number of hydrogen-bond donors (Lipinski definition) is 1. The molecule has 0 spiro atoms. The monoisotopic (exact) mass is 329 g/mol. The van der Waals surface area contributed by atoms with E-state index in [0.717, 1.165) is 16.9 Å². The summed E-state index contributed by atoms with van der Waals surface area (Å²) in [5, 5.41) is 3.63. The minimum atomic E-state index is -0.508. The number of carbonyl (C=O) groups is 1. The number of rotatable bonds is 5. The number of halogens is 1. The molecule has 2 aromatic rings. The summed E-state index contributed by atoms with van der Waals surface area (Å²) in [5.41, 5.74) is 1.38. The topological polar surface area (TPSA) is 38.3 Å². The molecule has 1 N–H and O–H groups in total. The maximum atomic E-state index is 12.2. The Balaban J connectivity index is 2.04. The second-order valence-electron chi connectivity index (χ2n) is 5.73. The van der Waals surface area contributed by atoms with Crippen molar-refractivity contribution in [2.45, 2.75) is 19.4 Å². The van der Waals surface area contributed by atoms with E-state index in [0.29, 0.717) is 5.02 Å². The van der Waals surface area contributed by atoms with E-state index in [1.165, 1.54) is 6.08 Å². The third-order valence-electron chi connectivity index (χ3n) is 3.52. The van der Waals surface area contributed by atoms with E-state index in [-0.39, 0.29) is 5.91 Å². The number of amides is 1. The average Bonchev–Trinajstić information content (AvgIpc) is 2.53. The van der Waals surface area contributed by atoms with Crippen LogP contribution in [0.1, 0.15) is 25.0 Å². The molecule has 0 bridgehead atoms. The first kappa shape index (κ1) is 17.1. The fourth-order valence-electron chi connectivity index (χ4n) is 2.19. The molecule has 23 heavy (non-hydrogen) atoms. The third kappa shape index (κ3) is 4.86. The highest BCUT2D eigenvalue weighted by molar-refractivity contribution is 6.30. The molecule has 1 amide bonds. The summed E-state index contributed by atoms with van der Waals surface area (Å²) in [4.78, 5) is 12.2. The van der Waals surface area contributed by atoms with Gasteiger partial charge in [-0.3, -0.25) is 4.79 Å². The first-order chi connectivity index (χ1) is 10.9. The zero-order chi connectivity index (χ0) is 16.9.